The third kappa shape index (κ3) is 2.38. The first-order chi connectivity index (χ1) is 6.23. The predicted octanol–water partition coefficient (Wildman–Crippen LogP) is 1.26. The predicted molar refractivity (Wildman–Crippen MR) is 44.1 cm³/mol. The van der Waals surface area contributed by atoms with Crippen molar-refractivity contribution in [3.8, 4) is 0 Å². The van der Waals surface area contributed by atoms with Gasteiger partial charge >= 0.3 is 15.4 Å². The third-order valence-corrected chi connectivity index (χ3v) is 2.64. The van der Waals surface area contributed by atoms with Gasteiger partial charge in [0, 0.05) is 23.1 Å². The summed E-state index contributed by atoms with van der Waals surface area (Å²) in [5, 5.41) is 0. The minimum absolute atomic E-state index is 0.0610. The fourth-order valence-corrected chi connectivity index (χ4v) is 1.82. The van der Waals surface area contributed by atoms with E-state index in [2.05, 4.69) is 4.99 Å². The molecule has 4 nitrogen and oxygen atoms in total. The zero-order valence-corrected chi connectivity index (χ0v) is 8.01. The average molecular weight is 249 g/mol. The van der Waals surface area contributed by atoms with Crippen molar-refractivity contribution >= 4 is 26.1 Å². The van der Waals surface area contributed by atoms with Crippen LogP contribution in [-0.2, 0) is 9.24 Å². The van der Waals surface area contributed by atoms with E-state index in [0.717, 1.165) is 12.3 Å². The fourth-order valence-electron chi connectivity index (χ4n) is 0.823. The van der Waals surface area contributed by atoms with Crippen LogP contribution >= 0.6 is 10.7 Å². The number of hydrogen-bond acceptors (Lipinski definition) is 3. The average Bonchev–Trinajstić information content (AvgIpc) is 2.01. The minimum Gasteiger partial charge on any atom is -0.258 e. The number of alkyl halides is 3. The van der Waals surface area contributed by atoms with Crippen LogP contribution in [0.5, 0.6) is 0 Å². The summed E-state index contributed by atoms with van der Waals surface area (Å²) in [4.78, 5) is 2.97. The Morgan fingerprint density at radius 1 is 1.43 bits per heavy atom. The molecule has 0 bridgehead atoms. The van der Waals surface area contributed by atoms with Crippen LogP contribution in [0.4, 0.5) is 13.2 Å². The lowest BCUT2D eigenvalue weighted by atomic mass is 10.4. The summed E-state index contributed by atoms with van der Waals surface area (Å²) >= 11 is 0. The van der Waals surface area contributed by atoms with Crippen LogP contribution in [0.3, 0.4) is 0 Å². The molecule has 9 heteroatoms. The van der Waals surface area contributed by atoms with Gasteiger partial charge in [-0.3, -0.25) is 4.99 Å². The number of rotatable bonds is 1. The summed E-state index contributed by atoms with van der Waals surface area (Å²) in [7, 11) is 0.313. The Hall–Kier alpha value is -0.760. The number of hydrogen-bond donors (Lipinski definition) is 0. The molecule has 0 aromatic rings. The molecular formula is C5H4ClF3N2O2S. The van der Waals surface area contributed by atoms with E-state index in [1.807, 2.05) is 0 Å². The summed E-state index contributed by atoms with van der Waals surface area (Å²) < 4.78 is 58.0. The molecule has 0 saturated carbocycles. The minimum atomic E-state index is -4.79. The lowest BCUT2D eigenvalue weighted by Crippen LogP contribution is -2.44. The van der Waals surface area contributed by atoms with Crippen molar-refractivity contribution < 1.29 is 21.6 Å². The van der Waals surface area contributed by atoms with Crippen molar-refractivity contribution in [3.05, 3.63) is 12.3 Å². The highest BCUT2D eigenvalue weighted by atomic mass is 35.7. The molecule has 0 aromatic carbocycles. The molecule has 0 fully saturated rings. The van der Waals surface area contributed by atoms with E-state index >= 15 is 0 Å². The molecule has 1 aliphatic heterocycles. The Labute approximate surface area is 82.2 Å². The van der Waals surface area contributed by atoms with Crippen molar-refractivity contribution in [3.63, 3.8) is 0 Å². The van der Waals surface area contributed by atoms with Gasteiger partial charge in [0.2, 0.25) is 6.17 Å². The van der Waals surface area contributed by atoms with E-state index in [4.69, 9.17) is 10.7 Å². The molecule has 1 atom stereocenters. The third-order valence-electron chi connectivity index (χ3n) is 1.33. The second-order valence-electron chi connectivity index (χ2n) is 2.33. The SMILES string of the molecule is O=S(=O)(Cl)N1C=CC=NC1C(F)(F)F. The van der Waals surface area contributed by atoms with E-state index in [-0.39, 0.29) is 4.31 Å². The van der Waals surface area contributed by atoms with Crippen LogP contribution in [0.25, 0.3) is 0 Å². The van der Waals surface area contributed by atoms with Gasteiger partial charge < -0.3 is 0 Å². The van der Waals surface area contributed by atoms with Crippen LogP contribution in [-0.4, -0.2) is 31.3 Å². The number of halogens is 4. The Kier molecular flexibility index (Phi) is 2.77. The first-order valence-corrected chi connectivity index (χ1v) is 5.49. The summed E-state index contributed by atoms with van der Waals surface area (Å²) in [6.45, 7) is 0. The highest BCUT2D eigenvalue weighted by Crippen LogP contribution is 2.30. The van der Waals surface area contributed by atoms with E-state index < -0.39 is 21.6 Å². The molecule has 1 unspecified atom stereocenters. The molecule has 0 spiro atoms. The second-order valence-corrected chi connectivity index (χ2v) is 4.74. The standard InChI is InChI=1S/C5H4ClF3N2O2S/c6-14(12,13)11-3-1-2-10-4(11)5(7,8)9/h1-4H. The maximum Gasteiger partial charge on any atom is 0.430 e. The van der Waals surface area contributed by atoms with E-state index in [9.17, 15) is 21.6 Å². The number of aliphatic imine (C=N–C) groups is 1. The maximum atomic E-state index is 12.2. The van der Waals surface area contributed by atoms with Crippen molar-refractivity contribution in [2.24, 2.45) is 4.99 Å². The Morgan fingerprint density at radius 2 is 2.00 bits per heavy atom. The highest BCUT2D eigenvalue weighted by Gasteiger charge is 2.47. The van der Waals surface area contributed by atoms with Gasteiger partial charge in [-0.15, -0.1) is 0 Å². The molecule has 0 aliphatic carbocycles. The number of nitrogens with zero attached hydrogens (tertiary/aromatic N) is 2. The normalized spacial score (nSPS) is 22.9. The van der Waals surface area contributed by atoms with E-state index in [0.29, 0.717) is 6.20 Å². The zero-order chi connectivity index (χ0) is 11.0. The fraction of sp³-hybridized carbons (Fsp3) is 0.400. The van der Waals surface area contributed by atoms with Crippen LogP contribution < -0.4 is 0 Å². The molecule has 0 radical (unpaired) electrons. The molecular weight excluding hydrogens is 245 g/mol. The van der Waals surface area contributed by atoms with Crippen LogP contribution in [0, 0.1) is 0 Å². The van der Waals surface area contributed by atoms with Gasteiger partial charge in [-0.2, -0.15) is 21.6 Å². The molecule has 1 rings (SSSR count). The van der Waals surface area contributed by atoms with Gasteiger partial charge in [0.25, 0.3) is 0 Å². The highest BCUT2D eigenvalue weighted by molar-refractivity contribution is 8.11. The van der Waals surface area contributed by atoms with Crippen LogP contribution in [0.2, 0.25) is 0 Å². The number of allylic oxidation sites excluding steroid dienone is 1. The quantitative estimate of drug-likeness (QED) is 0.656. The van der Waals surface area contributed by atoms with Crippen LogP contribution in [0.15, 0.2) is 17.3 Å². The Bertz CT molecular complexity index is 375. The van der Waals surface area contributed by atoms with E-state index in [1.165, 1.54) is 0 Å². The lowest BCUT2D eigenvalue weighted by Gasteiger charge is -2.27. The van der Waals surface area contributed by atoms with Gasteiger partial charge in [0.1, 0.15) is 0 Å². The summed E-state index contributed by atoms with van der Waals surface area (Å²) in [5.41, 5.74) is 0. The Balaban J connectivity index is 3.07. The lowest BCUT2D eigenvalue weighted by molar-refractivity contribution is -0.164. The molecule has 1 heterocycles. The molecule has 0 aromatic heterocycles. The largest absolute Gasteiger partial charge is 0.430 e. The molecule has 0 saturated heterocycles. The Morgan fingerprint density at radius 3 is 2.36 bits per heavy atom. The maximum absolute atomic E-state index is 12.2. The smallest absolute Gasteiger partial charge is 0.258 e. The first-order valence-electron chi connectivity index (χ1n) is 3.23. The molecule has 80 valence electrons. The topological polar surface area (TPSA) is 49.7 Å². The van der Waals surface area contributed by atoms with Crippen molar-refractivity contribution in [2.75, 3.05) is 0 Å². The molecule has 0 amide bonds. The van der Waals surface area contributed by atoms with Crippen molar-refractivity contribution in [1.82, 2.24) is 4.31 Å². The van der Waals surface area contributed by atoms with Crippen molar-refractivity contribution in [1.29, 1.82) is 0 Å². The molecule has 0 N–H and O–H groups in total. The molecule has 1 aliphatic rings. The van der Waals surface area contributed by atoms with Crippen molar-refractivity contribution in [2.45, 2.75) is 12.3 Å². The first kappa shape index (κ1) is 11.3. The van der Waals surface area contributed by atoms with Gasteiger partial charge in [0.15, 0.2) is 0 Å². The molecule has 14 heavy (non-hydrogen) atoms. The van der Waals surface area contributed by atoms with Crippen LogP contribution in [0.1, 0.15) is 0 Å². The zero-order valence-electron chi connectivity index (χ0n) is 6.44. The second kappa shape index (κ2) is 3.43. The van der Waals surface area contributed by atoms with Gasteiger partial charge in [0.05, 0.1) is 0 Å². The van der Waals surface area contributed by atoms with E-state index in [1.54, 1.807) is 0 Å². The summed E-state index contributed by atoms with van der Waals surface area (Å²) in [6, 6.07) is 0. The van der Waals surface area contributed by atoms with Gasteiger partial charge in [-0.05, 0) is 6.08 Å². The monoisotopic (exact) mass is 248 g/mol. The summed E-state index contributed by atoms with van der Waals surface area (Å²) in [5.74, 6) is 0. The van der Waals surface area contributed by atoms with Gasteiger partial charge in [-0.25, -0.2) is 4.31 Å². The summed E-state index contributed by atoms with van der Waals surface area (Å²) in [6.07, 6.45) is -4.66. The van der Waals surface area contributed by atoms with Gasteiger partial charge in [-0.1, -0.05) is 0 Å².